The van der Waals surface area contributed by atoms with Gasteiger partial charge in [-0.15, -0.1) is 0 Å². The maximum absolute atomic E-state index is 6.07. The SMILES string of the molecule is Cc1ccnc(SC=CCO[Si](C)(C)C(C)(C)C)c1. The van der Waals surface area contributed by atoms with Gasteiger partial charge in [-0.25, -0.2) is 4.98 Å². The molecule has 4 heteroatoms. The Morgan fingerprint density at radius 3 is 2.63 bits per heavy atom. The molecule has 0 N–H and O–H groups in total. The zero-order valence-electron chi connectivity index (χ0n) is 12.9. The van der Waals surface area contributed by atoms with E-state index in [4.69, 9.17) is 4.43 Å². The van der Waals surface area contributed by atoms with Gasteiger partial charge in [0.05, 0.1) is 6.61 Å². The zero-order valence-corrected chi connectivity index (χ0v) is 14.7. The fraction of sp³-hybridized carbons (Fsp3) is 0.533. The summed E-state index contributed by atoms with van der Waals surface area (Å²) in [5, 5.41) is 3.37. The first-order valence-corrected chi connectivity index (χ1v) is 10.4. The summed E-state index contributed by atoms with van der Waals surface area (Å²) in [4.78, 5) is 4.30. The molecule has 0 radical (unpaired) electrons. The van der Waals surface area contributed by atoms with Gasteiger partial charge in [0.25, 0.3) is 0 Å². The zero-order chi connectivity index (χ0) is 14.5. The van der Waals surface area contributed by atoms with Crippen molar-refractivity contribution in [2.45, 2.75) is 50.9 Å². The van der Waals surface area contributed by atoms with Crippen LogP contribution in [0.25, 0.3) is 0 Å². The average Bonchev–Trinajstić information content (AvgIpc) is 2.27. The minimum Gasteiger partial charge on any atom is -0.413 e. The van der Waals surface area contributed by atoms with Crippen LogP contribution in [0.3, 0.4) is 0 Å². The van der Waals surface area contributed by atoms with Crippen LogP contribution in [0.15, 0.2) is 34.8 Å². The summed E-state index contributed by atoms with van der Waals surface area (Å²) >= 11 is 1.64. The Morgan fingerprint density at radius 1 is 1.37 bits per heavy atom. The molecular formula is C15H25NOSSi. The van der Waals surface area contributed by atoms with E-state index in [1.54, 1.807) is 11.8 Å². The van der Waals surface area contributed by atoms with Crippen molar-refractivity contribution in [3.63, 3.8) is 0 Å². The van der Waals surface area contributed by atoms with Gasteiger partial charge < -0.3 is 4.43 Å². The fourth-order valence-corrected chi connectivity index (χ4v) is 2.84. The lowest BCUT2D eigenvalue weighted by molar-refractivity contribution is 0.328. The average molecular weight is 296 g/mol. The fourth-order valence-electron chi connectivity index (χ4n) is 1.20. The van der Waals surface area contributed by atoms with Gasteiger partial charge in [-0.1, -0.05) is 38.6 Å². The molecular weight excluding hydrogens is 270 g/mol. The molecule has 1 aromatic heterocycles. The first-order valence-electron chi connectivity index (χ1n) is 6.61. The second-order valence-electron chi connectivity index (χ2n) is 6.23. The molecule has 0 fully saturated rings. The maximum Gasteiger partial charge on any atom is 0.192 e. The summed E-state index contributed by atoms with van der Waals surface area (Å²) in [7, 11) is -1.62. The Morgan fingerprint density at radius 2 is 2.05 bits per heavy atom. The first kappa shape index (κ1) is 16.5. The van der Waals surface area contributed by atoms with Gasteiger partial charge in [-0.3, -0.25) is 0 Å². The molecule has 1 aromatic rings. The van der Waals surface area contributed by atoms with Crippen LogP contribution >= 0.6 is 11.8 Å². The topological polar surface area (TPSA) is 22.1 Å². The van der Waals surface area contributed by atoms with Crippen molar-refractivity contribution in [3.05, 3.63) is 35.4 Å². The maximum atomic E-state index is 6.07. The highest BCUT2D eigenvalue weighted by atomic mass is 32.2. The molecule has 0 spiro atoms. The van der Waals surface area contributed by atoms with Crippen molar-refractivity contribution in [1.29, 1.82) is 0 Å². The van der Waals surface area contributed by atoms with Crippen molar-refractivity contribution in [3.8, 4) is 0 Å². The van der Waals surface area contributed by atoms with E-state index in [2.05, 4.69) is 63.3 Å². The van der Waals surface area contributed by atoms with Gasteiger partial charge in [0.15, 0.2) is 8.32 Å². The summed E-state index contributed by atoms with van der Waals surface area (Å²) in [5.74, 6) is 0. The van der Waals surface area contributed by atoms with Crippen molar-refractivity contribution in [2.24, 2.45) is 0 Å². The summed E-state index contributed by atoms with van der Waals surface area (Å²) in [6.45, 7) is 14.1. The van der Waals surface area contributed by atoms with E-state index >= 15 is 0 Å². The number of hydrogen-bond acceptors (Lipinski definition) is 3. The number of pyridine rings is 1. The molecule has 2 nitrogen and oxygen atoms in total. The molecule has 0 atom stereocenters. The largest absolute Gasteiger partial charge is 0.413 e. The molecule has 0 saturated heterocycles. The van der Waals surface area contributed by atoms with Crippen molar-refractivity contribution in [1.82, 2.24) is 4.98 Å². The number of thioether (sulfide) groups is 1. The summed E-state index contributed by atoms with van der Waals surface area (Å²) in [6, 6.07) is 4.10. The molecule has 0 unspecified atom stereocenters. The quantitative estimate of drug-likeness (QED) is 0.562. The van der Waals surface area contributed by atoms with Crippen molar-refractivity contribution >= 4 is 20.1 Å². The van der Waals surface area contributed by atoms with E-state index in [0.717, 1.165) is 5.03 Å². The molecule has 0 aliphatic rings. The third-order valence-electron chi connectivity index (χ3n) is 3.52. The molecule has 0 amide bonds. The number of nitrogens with zero attached hydrogens (tertiary/aromatic N) is 1. The van der Waals surface area contributed by atoms with E-state index < -0.39 is 8.32 Å². The summed E-state index contributed by atoms with van der Waals surface area (Å²) in [5.41, 5.74) is 1.24. The molecule has 0 aliphatic heterocycles. The van der Waals surface area contributed by atoms with Gasteiger partial charge in [-0.2, -0.15) is 0 Å². The molecule has 0 saturated carbocycles. The van der Waals surface area contributed by atoms with E-state index in [1.165, 1.54) is 5.56 Å². The van der Waals surface area contributed by atoms with Crippen LogP contribution in [0.4, 0.5) is 0 Å². The normalized spacial score (nSPS) is 13.2. The number of rotatable bonds is 5. The van der Waals surface area contributed by atoms with Gasteiger partial charge in [0.2, 0.25) is 0 Å². The van der Waals surface area contributed by atoms with Crippen molar-refractivity contribution in [2.75, 3.05) is 6.61 Å². The predicted molar refractivity (Wildman–Crippen MR) is 87.1 cm³/mol. The van der Waals surface area contributed by atoms with Gasteiger partial charge in [0, 0.05) is 6.20 Å². The molecule has 0 bridgehead atoms. The van der Waals surface area contributed by atoms with Crippen LogP contribution in [0.5, 0.6) is 0 Å². The summed E-state index contributed by atoms with van der Waals surface area (Å²) in [6.07, 6.45) is 3.92. The highest BCUT2D eigenvalue weighted by Crippen LogP contribution is 2.36. The third-order valence-corrected chi connectivity index (χ3v) is 8.82. The second kappa shape index (κ2) is 6.73. The Hall–Kier alpha value is -0.583. The Balaban J connectivity index is 2.40. The molecule has 0 aliphatic carbocycles. The third kappa shape index (κ3) is 5.51. The van der Waals surface area contributed by atoms with Crippen LogP contribution in [-0.4, -0.2) is 19.9 Å². The molecule has 19 heavy (non-hydrogen) atoms. The Kier molecular flexibility index (Phi) is 5.83. The van der Waals surface area contributed by atoms with Gasteiger partial charge in [-0.05, 0) is 48.2 Å². The molecule has 1 heterocycles. The van der Waals surface area contributed by atoms with Crippen LogP contribution in [0.1, 0.15) is 26.3 Å². The van der Waals surface area contributed by atoms with Gasteiger partial charge >= 0.3 is 0 Å². The first-order chi connectivity index (χ1) is 8.72. The second-order valence-corrected chi connectivity index (χ2v) is 12.0. The van der Waals surface area contributed by atoms with E-state index in [9.17, 15) is 0 Å². The molecule has 1 rings (SSSR count). The highest BCUT2D eigenvalue weighted by Gasteiger charge is 2.36. The summed E-state index contributed by atoms with van der Waals surface area (Å²) < 4.78 is 6.07. The number of aryl methyl sites for hydroxylation is 1. The standard InChI is InChI=1S/C15H25NOSSi/c1-13-8-9-16-14(12-13)18-11-7-10-17-19(5,6)15(2,3)4/h7-9,11-12H,10H2,1-6H3. The predicted octanol–water partition coefficient (Wildman–Crippen LogP) is 5.02. The van der Waals surface area contributed by atoms with Crippen LogP contribution in [0, 0.1) is 6.92 Å². The van der Waals surface area contributed by atoms with E-state index in [0.29, 0.717) is 6.61 Å². The Labute approximate surface area is 122 Å². The highest BCUT2D eigenvalue weighted by molar-refractivity contribution is 8.02. The smallest absolute Gasteiger partial charge is 0.192 e. The van der Waals surface area contributed by atoms with E-state index in [-0.39, 0.29) is 5.04 Å². The lowest BCUT2D eigenvalue weighted by Crippen LogP contribution is -2.40. The van der Waals surface area contributed by atoms with E-state index in [1.807, 2.05) is 12.3 Å². The van der Waals surface area contributed by atoms with Gasteiger partial charge in [0.1, 0.15) is 5.03 Å². The van der Waals surface area contributed by atoms with Crippen LogP contribution in [-0.2, 0) is 4.43 Å². The molecule has 0 aromatic carbocycles. The minimum atomic E-state index is -1.62. The van der Waals surface area contributed by atoms with Crippen LogP contribution < -0.4 is 0 Å². The lowest BCUT2D eigenvalue weighted by Gasteiger charge is -2.35. The molecule has 106 valence electrons. The minimum absolute atomic E-state index is 0.270. The van der Waals surface area contributed by atoms with Crippen molar-refractivity contribution < 1.29 is 4.43 Å². The Bertz CT molecular complexity index is 438. The van der Waals surface area contributed by atoms with Crippen LogP contribution in [0.2, 0.25) is 18.1 Å². The monoisotopic (exact) mass is 295 g/mol. The number of aromatic nitrogens is 1. The lowest BCUT2D eigenvalue weighted by atomic mass is 10.2. The number of hydrogen-bond donors (Lipinski definition) is 0.